The van der Waals surface area contributed by atoms with Crippen molar-refractivity contribution in [1.82, 2.24) is 24.4 Å². The van der Waals surface area contributed by atoms with Gasteiger partial charge in [-0.05, 0) is 52.0 Å². The van der Waals surface area contributed by atoms with E-state index in [-0.39, 0.29) is 12.1 Å². The average molecular weight is 466 g/mol. The average Bonchev–Trinajstić information content (AvgIpc) is 3.36. The Morgan fingerprint density at radius 3 is 2.67 bits per heavy atom. The van der Waals surface area contributed by atoms with Crippen LogP contribution in [-0.4, -0.2) is 61.8 Å². The fourth-order valence-corrected chi connectivity index (χ4v) is 5.02. The van der Waals surface area contributed by atoms with Gasteiger partial charge >= 0.3 is 6.09 Å². The molecule has 33 heavy (non-hydrogen) atoms. The summed E-state index contributed by atoms with van der Waals surface area (Å²) in [6.07, 6.45) is 7.33. The summed E-state index contributed by atoms with van der Waals surface area (Å²) in [5.41, 5.74) is 1.53. The SMILES string of the molecule is C[C@H]1CN(C(=O)OC(C)(C)C)CCN1c1ncnc2c1c(C1CC1)cn2-c1ncc(C#N)s1. The molecule has 1 aliphatic carbocycles. The molecule has 0 spiro atoms. The maximum atomic E-state index is 12.6. The van der Waals surface area contributed by atoms with Gasteiger partial charge in [-0.25, -0.2) is 19.7 Å². The van der Waals surface area contributed by atoms with Crippen molar-refractivity contribution >= 4 is 34.3 Å². The zero-order valence-electron chi connectivity index (χ0n) is 19.3. The van der Waals surface area contributed by atoms with E-state index < -0.39 is 5.60 Å². The first-order valence-corrected chi connectivity index (χ1v) is 12.0. The van der Waals surface area contributed by atoms with Crippen molar-refractivity contribution in [1.29, 1.82) is 5.26 Å². The molecule has 10 heteroatoms. The predicted molar refractivity (Wildman–Crippen MR) is 126 cm³/mol. The van der Waals surface area contributed by atoms with E-state index in [1.165, 1.54) is 16.9 Å². The molecule has 172 valence electrons. The Balaban J connectivity index is 1.49. The van der Waals surface area contributed by atoms with Crippen LogP contribution >= 0.6 is 11.3 Å². The summed E-state index contributed by atoms with van der Waals surface area (Å²) in [4.78, 5) is 31.0. The number of hydrogen-bond acceptors (Lipinski definition) is 8. The molecule has 0 unspecified atom stereocenters. The van der Waals surface area contributed by atoms with Gasteiger partial charge in [0.1, 0.15) is 28.7 Å². The third kappa shape index (κ3) is 4.13. The fraction of sp³-hybridized carbons (Fsp3) is 0.522. The largest absolute Gasteiger partial charge is 0.444 e. The number of nitriles is 1. The number of hydrogen-bond donors (Lipinski definition) is 0. The quantitative estimate of drug-likeness (QED) is 0.575. The molecule has 5 rings (SSSR count). The lowest BCUT2D eigenvalue weighted by Gasteiger charge is -2.41. The third-order valence-corrected chi connectivity index (χ3v) is 6.87. The fourth-order valence-electron chi connectivity index (χ4n) is 4.33. The lowest BCUT2D eigenvalue weighted by Crippen LogP contribution is -2.54. The number of rotatable bonds is 3. The first kappa shape index (κ1) is 21.6. The number of carbonyl (C=O) groups is 1. The van der Waals surface area contributed by atoms with E-state index in [2.05, 4.69) is 34.1 Å². The van der Waals surface area contributed by atoms with Crippen LogP contribution in [0.5, 0.6) is 0 Å². The van der Waals surface area contributed by atoms with Crippen molar-refractivity contribution in [3.63, 3.8) is 0 Å². The molecule has 0 radical (unpaired) electrons. The number of nitrogens with zero attached hydrogens (tertiary/aromatic N) is 7. The number of thiazole rings is 1. The van der Waals surface area contributed by atoms with Crippen LogP contribution in [0.2, 0.25) is 0 Å². The number of anilines is 1. The van der Waals surface area contributed by atoms with Crippen molar-refractivity contribution in [3.8, 4) is 11.2 Å². The number of piperazine rings is 1. The monoisotopic (exact) mass is 465 g/mol. The molecule has 2 fully saturated rings. The predicted octanol–water partition coefficient (Wildman–Crippen LogP) is 4.07. The van der Waals surface area contributed by atoms with Crippen LogP contribution in [0.15, 0.2) is 18.7 Å². The van der Waals surface area contributed by atoms with Crippen LogP contribution < -0.4 is 4.90 Å². The van der Waals surface area contributed by atoms with Gasteiger partial charge in [-0.2, -0.15) is 5.26 Å². The van der Waals surface area contributed by atoms with Gasteiger partial charge in [0.2, 0.25) is 0 Å². The van der Waals surface area contributed by atoms with Gasteiger partial charge in [0.25, 0.3) is 0 Å². The molecule has 0 aromatic carbocycles. The van der Waals surface area contributed by atoms with E-state index in [0.29, 0.717) is 30.4 Å². The Morgan fingerprint density at radius 1 is 1.24 bits per heavy atom. The summed E-state index contributed by atoms with van der Waals surface area (Å²) in [7, 11) is 0. The summed E-state index contributed by atoms with van der Waals surface area (Å²) in [5.74, 6) is 1.39. The van der Waals surface area contributed by atoms with E-state index in [1.54, 1.807) is 17.4 Å². The van der Waals surface area contributed by atoms with Crippen LogP contribution in [0.1, 0.15) is 56.9 Å². The van der Waals surface area contributed by atoms with E-state index in [1.807, 2.05) is 25.3 Å². The van der Waals surface area contributed by atoms with Crippen LogP contribution in [0.4, 0.5) is 10.6 Å². The highest BCUT2D eigenvalue weighted by Gasteiger charge is 2.35. The van der Waals surface area contributed by atoms with Gasteiger partial charge in [0.15, 0.2) is 10.8 Å². The zero-order valence-corrected chi connectivity index (χ0v) is 20.1. The van der Waals surface area contributed by atoms with Gasteiger partial charge in [-0.3, -0.25) is 4.57 Å². The molecular weight excluding hydrogens is 438 g/mol. The maximum Gasteiger partial charge on any atom is 0.410 e. The second-order valence-electron chi connectivity index (χ2n) is 9.71. The second kappa shape index (κ2) is 7.99. The Morgan fingerprint density at radius 2 is 2.03 bits per heavy atom. The first-order chi connectivity index (χ1) is 15.7. The Bertz CT molecular complexity index is 1250. The van der Waals surface area contributed by atoms with E-state index in [9.17, 15) is 10.1 Å². The highest BCUT2D eigenvalue weighted by atomic mass is 32.1. The number of amides is 1. The second-order valence-corrected chi connectivity index (χ2v) is 10.7. The minimum atomic E-state index is -0.514. The smallest absolute Gasteiger partial charge is 0.410 e. The minimum Gasteiger partial charge on any atom is -0.444 e. The molecule has 3 aromatic heterocycles. The topological polar surface area (TPSA) is 100 Å². The molecule has 9 nitrogen and oxygen atoms in total. The van der Waals surface area contributed by atoms with E-state index in [0.717, 1.165) is 34.8 Å². The summed E-state index contributed by atoms with van der Waals surface area (Å²) in [5, 5.41) is 11.0. The Hall–Kier alpha value is -3.19. The van der Waals surface area contributed by atoms with Crippen LogP contribution in [-0.2, 0) is 4.74 Å². The van der Waals surface area contributed by atoms with Gasteiger partial charge in [0, 0.05) is 31.9 Å². The van der Waals surface area contributed by atoms with E-state index >= 15 is 0 Å². The molecule has 0 bridgehead atoms. The maximum absolute atomic E-state index is 12.6. The number of aromatic nitrogens is 4. The molecule has 3 aromatic rings. The van der Waals surface area contributed by atoms with Crippen molar-refractivity contribution in [2.45, 2.75) is 58.1 Å². The Kier molecular flexibility index (Phi) is 5.24. The molecule has 1 amide bonds. The van der Waals surface area contributed by atoms with Crippen molar-refractivity contribution in [2.24, 2.45) is 0 Å². The lowest BCUT2D eigenvalue weighted by molar-refractivity contribution is 0.0218. The van der Waals surface area contributed by atoms with Crippen LogP contribution in [0.3, 0.4) is 0 Å². The van der Waals surface area contributed by atoms with Crippen LogP contribution in [0.25, 0.3) is 16.2 Å². The minimum absolute atomic E-state index is 0.0739. The third-order valence-electron chi connectivity index (χ3n) is 5.97. The number of fused-ring (bicyclic) bond motifs is 1. The normalized spacial score (nSPS) is 19.1. The molecule has 0 N–H and O–H groups in total. The highest BCUT2D eigenvalue weighted by molar-refractivity contribution is 7.14. The summed E-state index contributed by atoms with van der Waals surface area (Å²) in [6, 6.07) is 2.24. The van der Waals surface area contributed by atoms with Gasteiger partial charge in [0.05, 0.1) is 11.6 Å². The Labute approximate surface area is 196 Å². The van der Waals surface area contributed by atoms with E-state index in [4.69, 9.17) is 9.72 Å². The van der Waals surface area contributed by atoms with Crippen molar-refractivity contribution in [2.75, 3.05) is 24.5 Å². The lowest BCUT2D eigenvalue weighted by atomic mass is 10.1. The summed E-state index contributed by atoms with van der Waals surface area (Å²) < 4.78 is 7.56. The molecular formula is C23H27N7O2S. The van der Waals surface area contributed by atoms with Crippen LogP contribution in [0, 0.1) is 11.3 Å². The molecule has 2 aliphatic rings. The van der Waals surface area contributed by atoms with Gasteiger partial charge < -0.3 is 14.5 Å². The standard InChI is InChI=1S/C23H27N7O2S/c1-14-11-28(22(31)32-23(2,3)4)7-8-29(14)19-18-17(15-5-6-15)12-30(20(18)27-13-26-19)21-25-10-16(9-24)33-21/h10,12-15H,5-8,11H2,1-4H3/t14-/m0/s1. The molecule has 1 aliphatic heterocycles. The van der Waals surface area contributed by atoms with Crippen molar-refractivity contribution < 1.29 is 9.53 Å². The zero-order chi connectivity index (χ0) is 23.3. The highest BCUT2D eigenvalue weighted by Crippen LogP contribution is 2.46. The first-order valence-electron chi connectivity index (χ1n) is 11.2. The molecule has 1 atom stereocenters. The number of ether oxygens (including phenoxy) is 1. The summed E-state index contributed by atoms with van der Waals surface area (Å²) in [6.45, 7) is 9.56. The summed E-state index contributed by atoms with van der Waals surface area (Å²) >= 11 is 1.35. The molecule has 4 heterocycles. The van der Waals surface area contributed by atoms with Gasteiger partial charge in [-0.15, -0.1) is 0 Å². The van der Waals surface area contributed by atoms with Crippen molar-refractivity contribution in [3.05, 3.63) is 29.2 Å². The molecule has 1 saturated heterocycles. The van der Waals surface area contributed by atoms with Gasteiger partial charge in [-0.1, -0.05) is 11.3 Å². The molecule has 1 saturated carbocycles. The number of carbonyl (C=O) groups excluding carboxylic acids is 1.